The van der Waals surface area contributed by atoms with Crippen LogP contribution in [0.2, 0.25) is 0 Å². The van der Waals surface area contributed by atoms with Crippen molar-refractivity contribution in [1.82, 2.24) is 0 Å². The molecule has 0 fully saturated rings. The Kier molecular flexibility index (Phi) is 3.92. The minimum absolute atomic E-state index is 0.551. The summed E-state index contributed by atoms with van der Waals surface area (Å²) in [4.78, 5) is 2.18. The molecule has 1 rings (SSSR count). The third kappa shape index (κ3) is 3.40. The molecule has 0 aliphatic heterocycles. The van der Waals surface area contributed by atoms with Crippen LogP contribution >= 0.6 is 0 Å². The normalized spacial score (nSPS) is 10.1. The average Bonchev–Trinajstić information content (AvgIpc) is 2.16. The summed E-state index contributed by atoms with van der Waals surface area (Å²) in [6, 6.07) is 6.53. The molecule has 1 aromatic carbocycles. The zero-order valence-corrected chi connectivity index (χ0v) is 9.88. The van der Waals surface area contributed by atoms with E-state index in [2.05, 4.69) is 50.6 Å². The lowest BCUT2D eigenvalue weighted by Gasteiger charge is -2.21. The number of aryl methyl sites for hydroxylation is 2. The summed E-state index contributed by atoms with van der Waals surface area (Å²) < 4.78 is 0. The van der Waals surface area contributed by atoms with Crippen LogP contribution in [0.25, 0.3) is 0 Å². The summed E-state index contributed by atoms with van der Waals surface area (Å²) in [7, 11) is 2.06. The van der Waals surface area contributed by atoms with Gasteiger partial charge >= 0.3 is 0 Å². The van der Waals surface area contributed by atoms with Crippen LogP contribution in [0.3, 0.4) is 0 Å². The van der Waals surface area contributed by atoms with Crippen molar-refractivity contribution in [3.63, 3.8) is 0 Å². The second-order valence-corrected chi connectivity index (χ2v) is 4.16. The van der Waals surface area contributed by atoms with Gasteiger partial charge in [-0.25, -0.2) is 0 Å². The molecule has 2 nitrogen and oxygen atoms in total. The quantitative estimate of drug-likeness (QED) is 0.762. The van der Waals surface area contributed by atoms with Gasteiger partial charge in [-0.15, -0.1) is 0 Å². The van der Waals surface area contributed by atoms with Gasteiger partial charge in [-0.3, -0.25) is 0 Å². The van der Waals surface area contributed by atoms with E-state index < -0.39 is 0 Å². The molecule has 0 spiro atoms. The minimum atomic E-state index is 0.551. The number of hydrogen-bond donors (Lipinski definition) is 1. The number of benzene rings is 1. The van der Waals surface area contributed by atoms with E-state index in [0.29, 0.717) is 6.54 Å². The summed E-state index contributed by atoms with van der Waals surface area (Å²) >= 11 is 0. The molecule has 0 unspecified atom stereocenters. The van der Waals surface area contributed by atoms with Crippen LogP contribution in [0.4, 0.5) is 5.69 Å². The van der Waals surface area contributed by atoms with Crippen molar-refractivity contribution in [2.75, 3.05) is 25.0 Å². The monoisotopic (exact) mass is 204 g/mol. The van der Waals surface area contributed by atoms with E-state index in [1.54, 1.807) is 0 Å². The molecule has 15 heavy (non-hydrogen) atoms. The lowest BCUT2D eigenvalue weighted by molar-refractivity contribution is 0.947. The highest BCUT2D eigenvalue weighted by molar-refractivity contribution is 5.51. The molecule has 0 saturated heterocycles. The van der Waals surface area contributed by atoms with Crippen LogP contribution in [0.1, 0.15) is 11.1 Å². The number of anilines is 1. The second kappa shape index (κ2) is 4.99. The van der Waals surface area contributed by atoms with Gasteiger partial charge in [-0.2, -0.15) is 0 Å². The minimum Gasteiger partial charge on any atom is -0.371 e. The summed E-state index contributed by atoms with van der Waals surface area (Å²) in [6.07, 6.45) is 0. The second-order valence-electron chi connectivity index (χ2n) is 4.16. The van der Waals surface area contributed by atoms with Crippen LogP contribution in [0.15, 0.2) is 30.4 Å². The first-order valence-corrected chi connectivity index (χ1v) is 5.19. The Labute approximate surface area is 92.4 Å². The molecule has 0 bridgehead atoms. The number of rotatable bonds is 4. The fraction of sp³-hybridized carbons (Fsp3) is 0.385. The third-order valence-electron chi connectivity index (χ3n) is 2.40. The van der Waals surface area contributed by atoms with Crippen LogP contribution in [-0.2, 0) is 0 Å². The lowest BCUT2D eigenvalue weighted by atomic mass is 10.1. The number of nitrogens with two attached hydrogens (primary N) is 1. The zero-order valence-electron chi connectivity index (χ0n) is 9.88. The standard InChI is InChI=1S/C13H20N2/c1-10-5-11(2)7-13(6-10)15(4)9-12(3)8-14/h5-7H,3,8-9,14H2,1-2,4H3. The van der Waals surface area contributed by atoms with E-state index in [0.717, 1.165) is 12.1 Å². The smallest absolute Gasteiger partial charge is 0.0395 e. The molecule has 0 aromatic heterocycles. The highest BCUT2D eigenvalue weighted by Gasteiger charge is 2.03. The maximum Gasteiger partial charge on any atom is 0.0395 e. The Morgan fingerprint density at radius 3 is 2.27 bits per heavy atom. The molecule has 0 aliphatic rings. The van der Waals surface area contributed by atoms with Gasteiger partial charge in [0.2, 0.25) is 0 Å². The van der Waals surface area contributed by atoms with Gasteiger partial charge in [0, 0.05) is 25.8 Å². The molecule has 2 N–H and O–H groups in total. The average molecular weight is 204 g/mol. The SMILES string of the molecule is C=C(CN)CN(C)c1cc(C)cc(C)c1. The zero-order chi connectivity index (χ0) is 11.4. The van der Waals surface area contributed by atoms with Crippen molar-refractivity contribution < 1.29 is 0 Å². The fourth-order valence-electron chi connectivity index (χ4n) is 1.66. The number of likely N-dealkylation sites (N-methyl/N-ethyl adjacent to an activating group) is 1. The molecule has 0 saturated carbocycles. The first-order chi connectivity index (χ1) is 7.02. The van der Waals surface area contributed by atoms with Gasteiger partial charge in [0.25, 0.3) is 0 Å². The summed E-state index contributed by atoms with van der Waals surface area (Å²) in [5.41, 5.74) is 10.4. The number of hydrogen-bond acceptors (Lipinski definition) is 2. The number of nitrogens with zero attached hydrogens (tertiary/aromatic N) is 1. The fourth-order valence-corrected chi connectivity index (χ4v) is 1.66. The maximum absolute atomic E-state index is 5.53. The Morgan fingerprint density at radius 1 is 1.27 bits per heavy atom. The van der Waals surface area contributed by atoms with E-state index >= 15 is 0 Å². The van der Waals surface area contributed by atoms with Gasteiger partial charge in [0.15, 0.2) is 0 Å². The summed E-state index contributed by atoms with van der Waals surface area (Å²) in [6.45, 7) is 9.51. The lowest BCUT2D eigenvalue weighted by Crippen LogP contribution is -2.23. The van der Waals surface area contributed by atoms with Crippen molar-refractivity contribution in [3.05, 3.63) is 41.5 Å². The molecule has 1 aromatic rings. The van der Waals surface area contributed by atoms with Gasteiger partial charge in [0.1, 0.15) is 0 Å². The van der Waals surface area contributed by atoms with E-state index in [9.17, 15) is 0 Å². The van der Waals surface area contributed by atoms with E-state index in [1.165, 1.54) is 16.8 Å². The van der Waals surface area contributed by atoms with Crippen LogP contribution in [-0.4, -0.2) is 20.1 Å². The largest absolute Gasteiger partial charge is 0.371 e. The Morgan fingerprint density at radius 2 is 1.80 bits per heavy atom. The summed E-state index contributed by atoms with van der Waals surface area (Å²) in [5.74, 6) is 0. The summed E-state index contributed by atoms with van der Waals surface area (Å²) in [5, 5.41) is 0. The highest BCUT2D eigenvalue weighted by atomic mass is 15.1. The third-order valence-corrected chi connectivity index (χ3v) is 2.40. The van der Waals surface area contributed by atoms with Crippen molar-refractivity contribution in [2.24, 2.45) is 5.73 Å². The Hall–Kier alpha value is -1.28. The van der Waals surface area contributed by atoms with Crippen LogP contribution in [0, 0.1) is 13.8 Å². The molecular formula is C13H20N2. The van der Waals surface area contributed by atoms with Crippen molar-refractivity contribution in [3.8, 4) is 0 Å². The van der Waals surface area contributed by atoms with E-state index in [4.69, 9.17) is 5.73 Å². The predicted octanol–water partition coefficient (Wildman–Crippen LogP) is 2.25. The first kappa shape index (κ1) is 11.8. The van der Waals surface area contributed by atoms with Crippen LogP contribution < -0.4 is 10.6 Å². The molecule has 2 heteroatoms. The van der Waals surface area contributed by atoms with Gasteiger partial charge in [0.05, 0.1) is 0 Å². The van der Waals surface area contributed by atoms with Gasteiger partial charge < -0.3 is 10.6 Å². The first-order valence-electron chi connectivity index (χ1n) is 5.19. The van der Waals surface area contributed by atoms with Crippen molar-refractivity contribution in [2.45, 2.75) is 13.8 Å². The van der Waals surface area contributed by atoms with E-state index in [-0.39, 0.29) is 0 Å². The molecule has 82 valence electrons. The molecule has 0 amide bonds. The van der Waals surface area contributed by atoms with Crippen molar-refractivity contribution >= 4 is 5.69 Å². The molecule has 0 aliphatic carbocycles. The van der Waals surface area contributed by atoms with Gasteiger partial charge in [-0.05, 0) is 42.7 Å². The molecule has 0 atom stereocenters. The van der Waals surface area contributed by atoms with E-state index in [1.807, 2.05) is 0 Å². The molecule has 0 radical (unpaired) electrons. The topological polar surface area (TPSA) is 29.3 Å². The predicted molar refractivity (Wildman–Crippen MR) is 67.4 cm³/mol. The Bertz CT molecular complexity index is 335. The van der Waals surface area contributed by atoms with Crippen LogP contribution in [0.5, 0.6) is 0 Å². The molecule has 0 heterocycles. The highest BCUT2D eigenvalue weighted by Crippen LogP contribution is 2.17. The van der Waals surface area contributed by atoms with Crippen molar-refractivity contribution in [1.29, 1.82) is 0 Å². The molecular weight excluding hydrogens is 184 g/mol. The van der Waals surface area contributed by atoms with Gasteiger partial charge in [-0.1, -0.05) is 12.6 Å². The Balaban J connectivity index is 2.81. The maximum atomic E-state index is 5.53.